The van der Waals surface area contributed by atoms with E-state index in [1.165, 1.54) is 23.1 Å². The topological polar surface area (TPSA) is 64.7 Å². The predicted octanol–water partition coefficient (Wildman–Crippen LogP) is 2.82. The third-order valence-electron chi connectivity index (χ3n) is 2.32. The summed E-state index contributed by atoms with van der Waals surface area (Å²) in [5.74, 6) is 0. The van der Waals surface area contributed by atoms with Crippen LogP contribution in [0.3, 0.4) is 0 Å². The lowest BCUT2D eigenvalue weighted by atomic mass is 10.2. The van der Waals surface area contributed by atoms with Crippen LogP contribution in [0.4, 0.5) is 5.69 Å². The Morgan fingerprint density at radius 3 is 3.00 bits per heavy atom. The van der Waals surface area contributed by atoms with Crippen LogP contribution in [0.2, 0.25) is 0 Å². The van der Waals surface area contributed by atoms with Gasteiger partial charge in [-0.2, -0.15) is 0 Å². The number of pyridine rings is 1. The Kier molecular flexibility index (Phi) is 2.66. The summed E-state index contributed by atoms with van der Waals surface area (Å²) < 4.78 is 0.889. The Morgan fingerprint density at radius 1 is 1.24 bits per heavy atom. The van der Waals surface area contributed by atoms with Gasteiger partial charge in [-0.3, -0.25) is 4.98 Å². The Hall–Kier alpha value is -1.66. The van der Waals surface area contributed by atoms with Gasteiger partial charge in [0.25, 0.3) is 0 Å². The molecule has 0 aliphatic heterocycles. The van der Waals surface area contributed by atoms with Crippen molar-refractivity contribution in [1.82, 2.24) is 15.2 Å². The monoisotopic (exact) mass is 260 g/mol. The molecule has 0 bridgehead atoms. The molecule has 1 aromatic carbocycles. The summed E-state index contributed by atoms with van der Waals surface area (Å²) in [6.45, 7) is 0. The highest BCUT2D eigenvalue weighted by molar-refractivity contribution is 8.01. The van der Waals surface area contributed by atoms with Gasteiger partial charge >= 0.3 is 0 Å². The first-order chi connectivity index (χ1) is 8.34. The number of anilines is 1. The van der Waals surface area contributed by atoms with Crippen molar-refractivity contribution in [2.24, 2.45) is 0 Å². The van der Waals surface area contributed by atoms with Gasteiger partial charge in [0.05, 0.1) is 11.2 Å². The van der Waals surface area contributed by atoms with Gasteiger partial charge in [-0.15, -0.1) is 10.2 Å². The maximum Gasteiger partial charge on any atom is 0.178 e. The summed E-state index contributed by atoms with van der Waals surface area (Å²) in [5.41, 5.74) is 9.50. The van der Waals surface area contributed by atoms with E-state index in [9.17, 15) is 0 Å². The number of rotatable bonds is 2. The summed E-state index contributed by atoms with van der Waals surface area (Å²) >= 11 is 3.03. The lowest BCUT2D eigenvalue weighted by molar-refractivity contribution is 1.01. The smallest absolute Gasteiger partial charge is 0.178 e. The van der Waals surface area contributed by atoms with Crippen LogP contribution in [-0.4, -0.2) is 15.2 Å². The minimum absolute atomic E-state index is 0.746. The molecule has 3 rings (SSSR count). The maximum atomic E-state index is 6.13. The molecule has 17 heavy (non-hydrogen) atoms. The number of fused-ring (bicyclic) bond motifs is 1. The molecule has 0 spiro atoms. The van der Waals surface area contributed by atoms with E-state index in [-0.39, 0.29) is 0 Å². The van der Waals surface area contributed by atoms with E-state index in [2.05, 4.69) is 15.2 Å². The van der Waals surface area contributed by atoms with Crippen LogP contribution >= 0.6 is 23.1 Å². The predicted molar refractivity (Wildman–Crippen MR) is 70.2 cm³/mol. The average Bonchev–Trinajstić information content (AvgIpc) is 2.86. The molecule has 4 nitrogen and oxygen atoms in total. The van der Waals surface area contributed by atoms with Crippen LogP contribution in [-0.2, 0) is 0 Å². The van der Waals surface area contributed by atoms with E-state index >= 15 is 0 Å². The summed E-state index contributed by atoms with van der Waals surface area (Å²) in [6.07, 6.45) is 1.76. The van der Waals surface area contributed by atoms with Crippen molar-refractivity contribution >= 4 is 39.7 Å². The molecule has 84 valence electrons. The molecule has 0 atom stereocenters. The van der Waals surface area contributed by atoms with E-state index in [1.807, 2.05) is 24.3 Å². The van der Waals surface area contributed by atoms with E-state index < -0.39 is 0 Å². The fourth-order valence-corrected chi connectivity index (χ4v) is 3.05. The molecule has 0 radical (unpaired) electrons. The second-order valence-corrected chi connectivity index (χ2v) is 5.48. The largest absolute Gasteiger partial charge is 0.397 e. The lowest BCUT2D eigenvalue weighted by Gasteiger charge is -2.06. The molecule has 6 heteroatoms. The van der Waals surface area contributed by atoms with Gasteiger partial charge < -0.3 is 5.73 Å². The molecule has 2 heterocycles. The van der Waals surface area contributed by atoms with E-state index in [0.29, 0.717) is 0 Å². The molecular formula is C11H8N4S2. The molecule has 3 aromatic rings. The van der Waals surface area contributed by atoms with Crippen LogP contribution in [0.25, 0.3) is 10.9 Å². The number of benzene rings is 1. The van der Waals surface area contributed by atoms with Crippen LogP contribution in [0.5, 0.6) is 0 Å². The highest BCUT2D eigenvalue weighted by atomic mass is 32.2. The number of aromatic nitrogens is 3. The zero-order valence-electron chi connectivity index (χ0n) is 8.70. The summed E-state index contributed by atoms with van der Waals surface area (Å²) in [7, 11) is 0. The quantitative estimate of drug-likeness (QED) is 0.718. The first kappa shape index (κ1) is 10.5. The van der Waals surface area contributed by atoms with Crippen LogP contribution in [0.1, 0.15) is 0 Å². The van der Waals surface area contributed by atoms with Gasteiger partial charge in [0.2, 0.25) is 0 Å². The number of nitrogens with zero attached hydrogens (tertiary/aromatic N) is 3. The van der Waals surface area contributed by atoms with Crippen molar-refractivity contribution in [2.75, 3.05) is 5.73 Å². The van der Waals surface area contributed by atoms with Crippen LogP contribution in [0.15, 0.2) is 45.2 Å². The molecular weight excluding hydrogens is 252 g/mol. The van der Waals surface area contributed by atoms with Crippen LogP contribution in [0, 0.1) is 0 Å². The average molecular weight is 260 g/mol. The van der Waals surface area contributed by atoms with Crippen molar-refractivity contribution in [2.45, 2.75) is 9.24 Å². The van der Waals surface area contributed by atoms with Gasteiger partial charge in [0, 0.05) is 16.5 Å². The molecule has 0 saturated heterocycles. The number of nitrogens with two attached hydrogens (primary N) is 1. The Labute approximate surface area is 106 Å². The van der Waals surface area contributed by atoms with Crippen molar-refractivity contribution in [3.63, 3.8) is 0 Å². The van der Waals surface area contributed by atoms with Crippen molar-refractivity contribution in [3.05, 3.63) is 36.0 Å². The molecule has 0 saturated carbocycles. The SMILES string of the molecule is Nc1c(Sc2nncs2)ccc2ncccc12. The number of nitrogen functional groups attached to an aromatic ring is 1. The van der Waals surface area contributed by atoms with E-state index in [0.717, 1.165) is 25.8 Å². The molecule has 2 N–H and O–H groups in total. The van der Waals surface area contributed by atoms with Gasteiger partial charge in [0.15, 0.2) is 4.34 Å². The van der Waals surface area contributed by atoms with Crippen molar-refractivity contribution in [3.8, 4) is 0 Å². The number of hydrogen-bond donors (Lipinski definition) is 1. The van der Waals surface area contributed by atoms with Gasteiger partial charge in [-0.05, 0) is 24.3 Å². The second kappa shape index (κ2) is 4.31. The third-order valence-corrected chi connectivity index (χ3v) is 4.18. The summed E-state index contributed by atoms with van der Waals surface area (Å²) in [4.78, 5) is 5.25. The molecule has 0 aliphatic carbocycles. The molecule has 2 aromatic heterocycles. The zero-order valence-corrected chi connectivity index (χ0v) is 10.3. The van der Waals surface area contributed by atoms with Gasteiger partial charge in [0.1, 0.15) is 5.51 Å². The second-order valence-electron chi connectivity index (χ2n) is 3.35. The molecule has 0 unspecified atom stereocenters. The minimum Gasteiger partial charge on any atom is -0.397 e. The van der Waals surface area contributed by atoms with Crippen LogP contribution < -0.4 is 5.73 Å². The fourth-order valence-electron chi connectivity index (χ4n) is 1.55. The minimum atomic E-state index is 0.746. The highest BCUT2D eigenvalue weighted by Gasteiger charge is 2.08. The summed E-state index contributed by atoms with van der Waals surface area (Å²) in [6, 6.07) is 7.80. The summed E-state index contributed by atoms with van der Waals surface area (Å²) in [5, 5.41) is 8.77. The fraction of sp³-hybridized carbons (Fsp3) is 0. The van der Waals surface area contributed by atoms with Crippen molar-refractivity contribution < 1.29 is 0 Å². The Bertz CT molecular complexity index is 652. The third kappa shape index (κ3) is 1.96. The van der Waals surface area contributed by atoms with Gasteiger partial charge in [-0.1, -0.05) is 23.1 Å². The lowest BCUT2D eigenvalue weighted by Crippen LogP contribution is -1.91. The maximum absolute atomic E-state index is 6.13. The van der Waals surface area contributed by atoms with Gasteiger partial charge in [-0.25, -0.2) is 0 Å². The molecule has 0 amide bonds. The standard InChI is InChI=1S/C11H8N4S2/c12-10-7-2-1-5-13-8(7)3-4-9(10)17-11-15-14-6-16-11/h1-6H,12H2. The highest BCUT2D eigenvalue weighted by Crippen LogP contribution is 2.35. The molecule has 0 fully saturated rings. The Balaban J connectivity index is 2.09. The molecule has 0 aliphatic rings. The van der Waals surface area contributed by atoms with E-state index in [1.54, 1.807) is 11.7 Å². The first-order valence-corrected chi connectivity index (χ1v) is 6.61. The normalized spacial score (nSPS) is 10.8. The van der Waals surface area contributed by atoms with Crippen molar-refractivity contribution in [1.29, 1.82) is 0 Å². The first-order valence-electron chi connectivity index (χ1n) is 4.92. The van der Waals surface area contributed by atoms with E-state index in [4.69, 9.17) is 5.73 Å². The Morgan fingerprint density at radius 2 is 2.18 bits per heavy atom. The zero-order chi connectivity index (χ0) is 11.7. The number of hydrogen-bond acceptors (Lipinski definition) is 6.